The monoisotopic (exact) mass is 243 g/mol. The molecule has 0 spiro atoms. The molecule has 0 radical (unpaired) electrons. The van der Waals surface area contributed by atoms with E-state index in [1.165, 1.54) is 11.8 Å². The fourth-order valence-corrected chi connectivity index (χ4v) is 2.25. The van der Waals surface area contributed by atoms with Crippen molar-refractivity contribution in [1.29, 1.82) is 0 Å². The molecule has 0 saturated heterocycles. The first-order valence-electron chi connectivity index (χ1n) is 5.07. The lowest BCUT2D eigenvalue weighted by molar-refractivity contribution is -0.139. The molecule has 1 heterocycles. The van der Waals surface area contributed by atoms with E-state index in [0.29, 0.717) is 23.9 Å². The molecule has 0 unspecified atom stereocenters. The molecule has 0 saturated carbocycles. The number of thioether (sulfide) groups is 1. The van der Waals surface area contributed by atoms with Crippen molar-refractivity contribution in [1.82, 2.24) is 9.78 Å². The van der Waals surface area contributed by atoms with Gasteiger partial charge >= 0.3 is 5.97 Å². The summed E-state index contributed by atoms with van der Waals surface area (Å²) in [7, 11) is 1.81. The van der Waals surface area contributed by atoms with E-state index in [0.717, 1.165) is 11.3 Å². The van der Waals surface area contributed by atoms with Gasteiger partial charge in [0.05, 0.1) is 18.1 Å². The van der Waals surface area contributed by atoms with E-state index < -0.39 is 0 Å². The molecule has 0 aliphatic carbocycles. The van der Waals surface area contributed by atoms with Gasteiger partial charge in [-0.3, -0.25) is 9.48 Å². The number of nitrogens with two attached hydrogens (primary N) is 1. The normalized spacial score (nSPS) is 10.4. The molecule has 0 atom stereocenters. The highest BCUT2D eigenvalue weighted by Gasteiger charge is 2.11. The Labute approximate surface area is 99.3 Å². The number of anilines is 1. The van der Waals surface area contributed by atoms with Crippen molar-refractivity contribution in [2.75, 3.05) is 18.1 Å². The van der Waals surface area contributed by atoms with Crippen molar-refractivity contribution in [2.24, 2.45) is 7.05 Å². The molecular formula is C10H17N3O2S. The van der Waals surface area contributed by atoms with Gasteiger partial charge in [0.15, 0.2) is 0 Å². The number of carbonyl (C=O) groups excluding carboxylic acids is 1. The van der Waals surface area contributed by atoms with Crippen LogP contribution in [0.25, 0.3) is 0 Å². The molecule has 0 fully saturated rings. The summed E-state index contributed by atoms with van der Waals surface area (Å²) < 4.78 is 6.48. The summed E-state index contributed by atoms with van der Waals surface area (Å²) in [6.07, 6.45) is 0. The molecule has 1 aromatic rings. The van der Waals surface area contributed by atoms with Gasteiger partial charge in [-0.1, -0.05) is 0 Å². The van der Waals surface area contributed by atoms with Gasteiger partial charge in [0.25, 0.3) is 0 Å². The standard InChI is InChI=1S/C10H17N3O2S/c1-4-15-9(14)6-16-5-8-7(2)12-13(3)10(8)11/h4-6,11H2,1-3H3. The number of hydrogen-bond donors (Lipinski definition) is 1. The number of aromatic nitrogens is 2. The molecule has 16 heavy (non-hydrogen) atoms. The predicted octanol–water partition coefficient (Wildman–Crippen LogP) is 1.11. The fourth-order valence-electron chi connectivity index (χ4n) is 1.34. The largest absolute Gasteiger partial charge is 0.465 e. The van der Waals surface area contributed by atoms with Gasteiger partial charge in [0, 0.05) is 18.4 Å². The van der Waals surface area contributed by atoms with Crippen LogP contribution < -0.4 is 5.73 Å². The maximum absolute atomic E-state index is 11.1. The highest BCUT2D eigenvalue weighted by atomic mass is 32.2. The molecule has 0 bridgehead atoms. The number of ether oxygens (including phenoxy) is 1. The second-order valence-electron chi connectivity index (χ2n) is 3.37. The number of rotatable bonds is 5. The third-order valence-corrected chi connectivity index (χ3v) is 3.10. The van der Waals surface area contributed by atoms with Crippen LogP contribution in [0.15, 0.2) is 0 Å². The molecule has 1 rings (SSSR count). The van der Waals surface area contributed by atoms with Crippen molar-refractivity contribution in [3.05, 3.63) is 11.3 Å². The Morgan fingerprint density at radius 1 is 1.62 bits per heavy atom. The van der Waals surface area contributed by atoms with Crippen LogP contribution in [-0.4, -0.2) is 28.1 Å². The molecule has 5 nitrogen and oxygen atoms in total. The average molecular weight is 243 g/mol. The summed E-state index contributed by atoms with van der Waals surface area (Å²) >= 11 is 1.49. The minimum absolute atomic E-state index is 0.187. The van der Waals surface area contributed by atoms with Gasteiger partial charge in [-0.15, -0.1) is 11.8 Å². The van der Waals surface area contributed by atoms with Crippen LogP contribution in [0.1, 0.15) is 18.2 Å². The first-order valence-corrected chi connectivity index (χ1v) is 6.23. The summed E-state index contributed by atoms with van der Waals surface area (Å²) in [5, 5.41) is 4.21. The fraction of sp³-hybridized carbons (Fsp3) is 0.600. The van der Waals surface area contributed by atoms with E-state index in [-0.39, 0.29) is 5.97 Å². The number of carbonyl (C=O) groups is 1. The van der Waals surface area contributed by atoms with Gasteiger partial charge in [0.1, 0.15) is 5.82 Å². The predicted molar refractivity (Wildman–Crippen MR) is 65.2 cm³/mol. The Bertz CT molecular complexity index is 376. The Morgan fingerprint density at radius 3 is 2.81 bits per heavy atom. The van der Waals surface area contributed by atoms with Gasteiger partial charge in [-0.25, -0.2) is 0 Å². The van der Waals surface area contributed by atoms with Gasteiger partial charge in [-0.05, 0) is 13.8 Å². The van der Waals surface area contributed by atoms with E-state index in [4.69, 9.17) is 10.5 Å². The Kier molecular flexibility index (Phi) is 4.67. The van der Waals surface area contributed by atoms with Crippen molar-refractivity contribution in [3.8, 4) is 0 Å². The summed E-state index contributed by atoms with van der Waals surface area (Å²) in [6, 6.07) is 0. The molecule has 0 aliphatic heterocycles. The molecule has 1 aromatic heterocycles. The summed E-state index contributed by atoms with van der Waals surface area (Å²) in [6.45, 7) is 4.13. The van der Waals surface area contributed by atoms with E-state index in [9.17, 15) is 4.79 Å². The molecule has 0 aromatic carbocycles. The number of hydrogen-bond acceptors (Lipinski definition) is 5. The zero-order valence-electron chi connectivity index (χ0n) is 9.82. The SMILES string of the molecule is CCOC(=O)CSCc1c(C)nn(C)c1N. The summed E-state index contributed by atoms with van der Waals surface area (Å²) in [5.41, 5.74) is 7.76. The van der Waals surface area contributed by atoms with Crippen molar-refractivity contribution < 1.29 is 9.53 Å². The van der Waals surface area contributed by atoms with Crippen molar-refractivity contribution >= 4 is 23.5 Å². The Balaban J connectivity index is 2.46. The van der Waals surface area contributed by atoms with Crippen molar-refractivity contribution in [3.63, 3.8) is 0 Å². The maximum atomic E-state index is 11.1. The summed E-state index contributed by atoms with van der Waals surface area (Å²) in [4.78, 5) is 11.1. The zero-order chi connectivity index (χ0) is 12.1. The molecule has 0 aliphatic rings. The Hall–Kier alpha value is -1.17. The minimum Gasteiger partial charge on any atom is -0.465 e. The van der Waals surface area contributed by atoms with Crippen LogP contribution in [-0.2, 0) is 22.3 Å². The van der Waals surface area contributed by atoms with E-state index in [2.05, 4.69) is 5.10 Å². The van der Waals surface area contributed by atoms with Crippen LogP contribution in [0.5, 0.6) is 0 Å². The second kappa shape index (κ2) is 5.79. The molecule has 90 valence electrons. The van der Waals surface area contributed by atoms with Crippen LogP contribution in [0.3, 0.4) is 0 Å². The zero-order valence-corrected chi connectivity index (χ0v) is 10.6. The van der Waals surface area contributed by atoms with Crippen LogP contribution in [0, 0.1) is 6.92 Å². The smallest absolute Gasteiger partial charge is 0.315 e. The van der Waals surface area contributed by atoms with E-state index in [1.54, 1.807) is 11.6 Å². The molecule has 6 heteroatoms. The average Bonchev–Trinajstić information content (AvgIpc) is 2.45. The van der Waals surface area contributed by atoms with Gasteiger partial charge in [0.2, 0.25) is 0 Å². The lowest BCUT2D eigenvalue weighted by atomic mass is 10.3. The lowest BCUT2D eigenvalue weighted by Gasteiger charge is -2.02. The third-order valence-electron chi connectivity index (χ3n) is 2.17. The summed E-state index contributed by atoms with van der Waals surface area (Å²) in [5.74, 6) is 1.51. The number of esters is 1. The van der Waals surface area contributed by atoms with Crippen molar-refractivity contribution in [2.45, 2.75) is 19.6 Å². The van der Waals surface area contributed by atoms with Gasteiger partial charge < -0.3 is 10.5 Å². The first kappa shape index (κ1) is 12.9. The maximum Gasteiger partial charge on any atom is 0.315 e. The van der Waals surface area contributed by atoms with E-state index in [1.807, 2.05) is 14.0 Å². The first-order chi connectivity index (χ1) is 7.56. The highest BCUT2D eigenvalue weighted by molar-refractivity contribution is 7.99. The second-order valence-corrected chi connectivity index (χ2v) is 4.36. The quantitative estimate of drug-likeness (QED) is 0.784. The van der Waals surface area contributed by atoms with Crippen LogP contribution >= 0.6 is 11.8 Å². The van der Waals surface area contributed by atoms with Crippen LogP contribution in [0.4, 0.5) is 5.82 Å². The topological polar surface area (TPSA) is 70.1 Å². The van der Waals surface area contributed by atoms with Gasteiger partial charge in [-0.2, -0.15) is 5.10 Å². The highest BCUT2D eigenvalue weighted by Crippen LogP contribution is 2.21. The minimum atomic E-state index is -0.187. The molecular weight excluding hydrogens is 226 g/mol. The number of nitrogen functional groups attached to an aromatic ring is 1. The Morgan fingerprint density at radius 2 is 2.31 bits per heavy atom. The van der Waals surface area contributed by atoms with E-state index >= 15 is 0 Å². The third kappa shape index (κ3) is 3.16. The number of nitrogens with zero attached hydrogens (tertiary/aromatic N) is 2. The lowest BCUT2D eigenvalue weighted by Crippen LogP contribution is -2.07. The number of aryl methyl sites for hydroxylation is 2. The van der Waals surface area contributed by atoms with Crippen LogP contribution in [0.2, 0.25) is 0 Å². The molecule has 2 N–H and O–H groups in total. The molecule has 0 amide bonds.